The van der Waals surface area contributed by atoms with Gasteiger partial charge in [-0.3, -0.25) is 4.90 Å². The van der Waals surface area contributed by atoms with Crippen LogP contribution in [-0.2, 0) is 6.54 Å². The van der Waals surface area contributed by atoms with Crippen molar-refractivity contribution >= 4 is 17.6 Å². The summed E-state index contributed by atoms with van der Waals surface area (Å²) in [6, 6.07) is 11.4. The molecule has 0 aliphatic carbocycles. The fourth-order valence-electron chi connectivity index (χ4n) is 2.11. The summed E-state index contributed by atoms with van der Waals surface area (Å²) in [5, 5.41) is 9.68. The van der Waals surface area contributed by atoms with Crippen LogP contribution in [-0.4, -0.2) is 28.0 Å². The standard InChI is InChI=1S/C16H17ClN2O2/c1-11(13-3-5-14(17)6-4-13)19(2)10-12-7-8-18-15(9-12)16(20)21/h3-9,11H,10H2,1-2H3,(H,20,21). The molecule has 0 fully saturated rings. The topological polar surface area (TPSA) is 53.4 Å². The number of halogens is 1. The van der Waals surface area contributed by atoms with Gasteiger partial charge in [0, 0.05) is 23.8 Å². The van der Waals surface area contributed by atoms with Crippen molar-refractivity contribution in [1.29, 1.82) is 0 Å². The maximum Gasteiger partial charge on any atom is 0.354 e. The Kier molecular flexibility index (Phi) is 4.94. The van der Waals surface area contributed by atoms with Crippen LogP contribution >= 0.6 is 11.6 Å². The Morgan fingerprint density at radius 3 is 2.62 bits per heavy atom. The zero-order valence-electron chi connectivity index (χ0n) is 12.0. The van der Waals surface area contributed by atoms with Crippen molar-refractivity contribution in [2.75, 3.05) is 7.05 Å². The Morgan fingerprint density at radius 1 is 1.33 bits per heavy atom. The summed E-state index contributed by atoms with van der Waals surface area (Å²) in [5.41, 5.74) is 2.15. The largest absolute Gasteiger partial charge is 0.477 e. The smallest absolute Gasteiger partial charge is 0.354 e. The molecule has 5 heteroatoms. The van der Waals surface area contributed by atoms with E-state index in [9.17, 15) is 4.79 Å². The predicted molar refractivity (Wildman–Crippen MR) is 82.5 cm³/mol. The second-order valence-electron chi connectivity index (χ2n) is 5.00. The van der Waals surface area contributed by atoms with Crippen LogP contribution in [0.3, 0.4) is 0 Å². The molecule has 1 unspecified atom stereocenters. The molecule has 2 aromatic rings. The van der Waals surface area contributed by atoms with Crippen molar-refractivity contribution in [2.45, 2.75) is 19.5 Å². The van der Waals surface area contributed by atoms with Crippen LogP contribution in [0.15, 0.2) is 42.6 Å². The molecule has 0 aliphatic heterocycles. The van der Waals surface area contributed by atoms with Crippen molar-refractivity contribution in [2.24, 2.45) is 0 Å². The molecule has 1 aromatic heterocycles. The Bertz CT molecular complexity index is 628. The molecular formula is C16H17ClN2O2. The molecule has 1 aromatic carbocycles. The van der Waals surface area contributed by atoms with Crippen molar-refractivity contribution < 1.29 is 9.90 Å². The number of aromatic nitrogens is 1. The van der Waals surface area contributed by atoms with Gasteiger partial charge in [-0.2, -0.15) is 0 Å². The average Bonchev–Trinajstić information content (AvgIpc) is 2.47. The summed E-state index contributed by atoms with van der Waals surface area (Å²) in [6.45, 7) is 2.75. The fraction of sp³-hybridized carbons (Fsp3) is 0.250. The number of carbonyl (C=O) groups is 1. The molecule has 0 amide bonds. The molecule has 0 spiro atoms. The van der Waals surface area contributed by atoms with Gasteiger partial charge >= 0.3 is 5.97 Å². The zero-order chi connectivity index (χ0) is 15.4. The number of carboxylic acids is 1. The lowest BCUT2D eigenvalue weighted by molar-refractivity contribution is 0.0690. The molecule has 21 heavy (non-hydrogen) atoms. The first kappa shape index (κ1) is 15.5. The van der Waals surface area contributed by atoms with Crippen molar-refractivity contribution in [3.05, 3.63) is 64.4 Å². The first-order valence-corrected chi connectivity index (χ1v) is 6.99. The number of rotatable bonds is 5. The number of hydrogen-bond acceptors (Lipinski definition) is 3. The first-order chi connectivity index (χ1) is 9.97. The van der Waals surface area contributed by atoms with Crippen LogP contribution < -0.4 is 0 Å². The quantitative estimate of drug-likeness (QED) is 0.916. The second kappa shape index (κ2) is 6.70. The molecule has 0 saturated carbocycles. The molecule has 110 valence electrons. The molecule has 1 atom stereocenters. The van der Waals surface area contributed by atoms with Crippen LogP contribution in [0.25, 0.3) is 0 Å². The maximum absolute atomic E-state index is 10.9. The lowest BCUT2D eigenvalue weighted by Crippen LogP contribution is -2.22. The summed E-state index contributed by atoms with van der Waals surface area (Å²) in [4.78, 5) is 16.9. The number of hydrogen-bond donors (Lipinski definition) is 1. The van der Waals surface area contributed by atoms with Crippen molar-refractivity contribution in [3.8, 4) is 0 Å². The third-order valence-corrected chi connectivity index (χ3v) is 3.74. The fourth-order valence-corrected chi connectivity index (χ4v) is 2.24. The highest BCUT2D eigenvalue weighted by Crippen LogP contribution is 2.22. The number of benzene rings is 1. The van der Waals surface area contributed by atoms with E-state index in [0.29, 0.717) is 11.6 Å². The SMILES string of the molecule is CC(c1ccc(Cl)cc1)N(C)Cc1ccnc(C(=O)O)c1. The summed E-state index contributed by atoms with van der Waals surface area (Å²) >= 11 is 5.90. The van der Waals surface area contributed by atoms with Crippen LogP contribution in [0.1, 0.15) is 34.6 Å². The molecule has 0 saturated heterocycles. The van der Waals surface area contributed by atoms with Gasteiger partial charge in [0.05, 0.1) is 0 Å². The van der Waals surface area contributed by atoms with Gasteiger partial charge in [-0.15, -0.1) is 0 Å². The van der Waals surface area contributed by atoms with Gasteiger partial charge in [0.1, 0.15) is 5.69 Å². The van der Waals surface area contributed by atoms with Gasteiger partial charge in [0.25, 0.3) is 0 Å². The highest BCUT2D eigenvalue weighted by atomic mass is 35.5. The second-order valence-corrected chi connectivity index (χ2v) is 5.43. The van der Waals surface area contributed by atoms with E-state index in [4.69, 9.17) is 16.7 Å². The molecule has 0 bridgehead atoms. The van der Waals surface area contributed by atoms with Gasteiger partial charge in [-0.05, 0) is 49.4 Å². The predicted octanol–water partition coefficient (Wildman–Crippen LogP) is 3.63. The third kappa shape index (κ3) is 4.03. The van der Waals surface area contributed by atoms with Crippen molar-refractivity contribution in [3.63, 3.8) is 0 Å². The van der Waals surface area contributed by atoms with Crippen molar-refractivity contribution in [1.82, 2.24) is 9.88 Å². The minimum absolute atomic E-state index is 0.0695. The summed E-state index contributed by atoms with van der Waals surface area (Å²) < 4.78 is 0. The van der Waals surface area contributed by atoms with E-state index < -0.39 is 5.97 Å². The van der Waals surface area contributed by atoms with Gasteiger partial charge in [-0.25, -0.2) is 9.78 Å². The summed E-state index contributed by atoms with van der Waals surface area (Å²) in [6.07, 6.45) is 1.53. The Labute approximate surface area is 129 Å². The van der Waals surface area contributed by atoms with E-state index in [1.807, 2.05) is 37.4 Å². The Hall–Kier alpha value is -1.91. The van der Waals surface area contributed by atoms with Crippen LogP contribution in [0, 0.1) is 0 Å². The minimum Gasteiger partial charge on any atom is -0.477 e. The van der Waals surface area contributed by atoms with Gasteiger partial charge in [0.15, 0.2) is 0 Å². The lowest BCUT2D eigenvalue weighted by atomic mass is 10.1. The Balaban J connectivity index is 2.10. The number of nitrogens with zero attached hydrogens (tertiary/aromatic N) is 2. The van der Waals surface area contributed by atoms with E-state index in [0.717, 1.165) is 11.1 Å². The third-order valence-electron chi connectivity index (χ3n) is 3.49. The number of pyridine rings is 1. The minimum atomic E-state index is -1.01. The molecule has 0 aliphatic rings. The summed E-state index contributed by atoms with van der Waals surface area (Å²) in [5.74, 6) is -1.01. The van der Waals surface area contributed by atoms with Gasteiger partial charge < -0.3 is 5.11 Å². The number of aromatic carboxylic acids is 1. The molecule has 4 nitrogen and oxygen atoms in total. The highest BCUT2D eigenvalue weighted by molar-refractivity contribution is 6.30. The van der Waals surface area contributed by atoms with E-state index in [-0.39, 0.29) is 11.7 Å². The molecule has 1 N–H and O–H groups in total. The lowest BCUT2D eigenvalue weighted by Gasteiger charge is -2.25. The van der Waals surface area contributed by atoms with Crippen LogP contribution in [0.5, 0.6) is 0 Å². The average molecular weight is 305 g/mol. The van der Waals surface area contributed by atoms with Gasteiger partial charge in [-0.1, -0.05) is 23.7 Å². The molecule has 1 heterocycles. The highest BCUT2D eigenvalue weighted by Gasteiger charge is 2.13. The Morgan fingerprint density at radius 2 is 2.00 bits per heavy atom. The molecular weight excluding hydrogens is 288 g/mol. The zero-order valence-corrected chi connectivity index (χ0v) is 12.7. The van der Waals surface area contributed by atoms with E-state index in [1.54, 1.807) is 6.07 Å². The van der Waals surface area contributed by atoms with Crippen LogP contribution in [0.2, 0.25) is 5.02 Å². The van der Waals surface area contributed by atoms with E-state index in [1.165, 1.54) is 6.20 Å². The summed E-state index contributed by atoms with van der Waals surface area (Å²) in [7, 11) is 2.00. The normalized spacial score (nSPS) is 12.4. The maximum atomic E-state index is 10.9. The number of carboxylic acid groups (broad SMARTS) is 1. The first-order valence-electron chi connectivity index (χ1n) is 6.61. The monoisotopic (exact) mass is 304 g/mol. The van der Waals surface area contributed by atoms with E-state index in [2.05, 4.69) is 16.8 Å². The van der Waals surface area contributed by atoms with Gasteiger partial charge in [0.2, 0.25) is 0 Å². The molecule has 0 radical (unpaired) electrons. The molecule has 2 rings (SSSR count). The van der Waals surface area contributed by atoms with E-state index >= 15 is 0 Å². The van der Waals surface area contributed by atoms with Crippen LogP contribution in [0.4, 0.5) is 0 Å².